The first-order chi connectivity index (χ1) is 10.8. The molecule has 0 heterocycles. The minimum atomic E-state index is -0.0689. The van der Waals surface area contributed by atoms with Crippen molar-refractivity contribution < 1.29 is 14.3 Å². The third-order valence-electron chi connectivity index (χ3n) is 2.94. The molecule has 0 fully saturated rings. The quantitative estimate of drug-likeness (QED) is 0.579. The van der Waals surface area contributed by atoms with Gasteiger partial charge in [0.25, 0.3) is 0 Å². The summed E-state index contributed by atoms with van der Waals surface area (Å²) in [6.07, 6.45) is 0.308. The number of rotatable bonds is 8. The zero-order valence-corrected chi connectivity index (χ0v) is 12.3. The van der Waals surface area contributed by atoms with Crippen LogP contribution in [-0.4, -0.2) is 25.7 Å². The van der Waals surface area contributed by atoms with Crippen molar-refractivity contribution in [2.45, 2.75) is 6.42 Å². The molecule has 0 saturated carbocycles. The summed E-state index contributed by atoms with van der Waals surface area (Å²) in [7, 11) is 0. The second-order valence-electron chi connectivity index (χ2n) is 4.65. The Balaban J connectivity index is 1.57. The van der Waals surface area contributed by atoms with Crippen LogP contribution in [0.3, 0.4) is 0 Å². The lowest BCUT2D eigenvalue weighted by Gasteiger charge is -2.10. The molecule has 5 heteroatoms. The highest BCUT2D eigenvalue weighted by molar-refractivity contribution is 5.75. The predicted octanol–water partition coefficient (Wildman–Crippen LogP) is 2.23. The van der Waals surface area contributed by atoms with E-state index in [0.29, 0.717) is 37.6 Å². The number of anilines is 1. The number of ether oxygens (including phenoxy) is 2. The Bertz CT molecular complexity index is 587. The number of amides is 1. The van der Waals surface area contributed by atoms with Crippen LogP contribution < -0.4 is 20.5 Å². The SMILES string of the molecule is Nc1ccccc1OCCNC(=O)CCOc1ccccc1. The molecule has 0 radical (unpaired) electrons. The standard InChI is InChI=1S/C17H20N2O3/c18-15-8-4-5-9-16(15)22-13-11-19-17(20)10-12-21-14-6-2-1-3-7-14/h1-9H,10-13,18H2,(H,19,20). The van der Waals surface area contributed by atoms with Crippen molar-refractivity contribution in [3.8, 4) is 11.5 Å². The summed E-state index contributed by atoms with van der Waals surface area (Å²) < 4.78 is 10.9. The van der Waals surface area contributed by atoms with Gasteiger partial charge in [-0.15, -0.1) is 0 Å². The van der Waals surface area contributed by atoms with Gasteiger partial charge in [0.05, 0.1) is 25.3 Å². The highest BCUT2D eigenvalue weighted by Gasteiger charge is 2.02. The van der Waals surface area contributed by atoms with Crippen molar-refractivity contribution in [3.63, 3.8) is 0 Å². The maximum atomic E-state index is 11.6. The number of nitrogen functional groups attached to an aromatic ring is 1. The third kappa shape index (κ3) is 5.36. The molecule has 0 atom stereocenters. The number of hydrogen-bond donors (Lipinski definition) is 2. The molecule has 1 amide bonds. The van der Waals surface area contributed by atoms with Gasteiger partial charge in [0.1, 0.15) is 18.1 Å². The lowest BCUT2D eigenvalue weighted by Crippen LogP contribution is -2.29. The molecule has 5 nitrogen and oxygen atoms in total. The van der Waals surface area contributed by atoms with E-state index in [9.17, 15) is 4.79 Å². The first-order valence-corrected chi connectivity index (χ1v) is 7.17. The van der Waals surface area contributed by atoms with Gasteiger partial charge in [-0.05, 0) is 24.3 Å². The first kappa shape index (κ1) is 15.7. The van der Waals surface area contributed by atoms with Gasteiger partial charge in [0.2, 0.25) is 5.91 Å². The second kappa shape index (κ2) is 8.56. The van der Waals surface area contributed by atoms with Gasteiger partial charge in [-0.2, -0.15) is 0 Å². The van der Waals surface area contributed by atoms with Gasteiger partial charge in [0, 0.05) is 0 Å². The average Bonchev–Trinajstić information content (AvgIpc) is 2.54. The summed E-state index contributed by atoms with van der Waals surface area (Å²) in [6.45, 7) is 1.15. The van der Waals surface area contributed by atoms with E-state index in [1.54, 1.807) is 12.1 Å². The van der Waals surface area contributed by atoms with E-state index in [1.165, 1.54) is 0 Å². The highest BCUT2D eigenvalue weighted by Crippen LogP contribution is 2.19. The van der Waals surface area contributed by atoms with Crippen LogP contribution >= 0.6 is 0 Å². The topological polar surface area (TPSA) is 73.6 Å². The molecule has 2 aromatic rings. The van der Waals surface area contributed by atoms with E-state index < -0.39 is 0 Å². The van der Waals surface area contributed by atoms with E-state index in [2.05, 4.69) is 5.32 Å². The van der Waals surface area contributed by atoms with E-state index in [0.717, 1.165) is 5.75 Å². The van der Waals surface area contributed by atoms with Gasteiger partial charge in [-0.1, -0.05) is 30.3 Å². The van der Waals surface area contributed by atoms with Gasteiger partial charge in [-0.25, -0.2) is 0 Å². The zero-order chi connectivity index (χ0) is 15.6. The molecule has 0 aromatic heterocycles. The molecule has 0 bridgehead atoms. The minimum Gasteiger partial charge on any atom is -0.493 e. The second-order valence-corrected chi connectivity index (χ2v) is 4.65. The predicted molar refractivity (Wildman–Crippen MR) is 85.9 cm³/mol. The monoisotopic (exact) mass is 300 g/mol. The minimum absolute atomic E-state index is 0.0689. The number of para-hydroxylation sites is 3. The highest BCUT2D eigenvalue weighted by atomic mass is 16.5. The fourth-order valence-corrected chi connectivity index (χ4v) is 1.83. The molecular weight excluding hydrogens is 280 g/mol. The van der Waals surface area contributed by atoms with Gasteiger partial charge in [-0.3, -0.25) is 4.79 Å². The molecule has 0 aliphatic rings. The zero-order valence-electron chi connectivity index (χ0n) is 12.3. The molecule has 2 rings (SSSR count). The van der Waals surface area contributed by atoms with Crippen LogP contribution in [0.2, 0.25) is 0 Å². The average molecular weight is 300 g/mol. The van der Waals surface area contributed by atoms with Crippen LogP contribution in [0.25, 0.3) is 0 Å². The third-order valence-corrected chi connectivity index (χ3v) is 2.94. The van der Waals surface area contributed by atoms with Crippen molar-refractivity contribution in [3.05, 3.63) is 54.6 Å². The Morgan fingerprint density at radius 3 is 2.45 bits per heavy atom. The number of benzene rings is 2. The van der Waals surface area contributed by atoms with E-state index >= 15 is 0 Å². The van der Waals surface area contributed by atoms with Crippen LogP contribution in [-0.2, 0) is 4.79 Å². The number of nitrogens with one attached hydrogen (secondary N) is 1. The number of carbonyl (C=O) groups is 1. The van der Waals surface area contributed by atoms with E-state index in [1.807, 2.05) is 42.5 Å². The fraction of sp³-hybridized carbons (Fsp3) is 0.235. The summed E-state index contributed by atoms with van der Waals surface area (Å²) in [6, 6.07) is 16.7. The summed E-state index contributed by atoms with van der Waals surface area (Å²) >= 11 is 0. The molecular formula is C17H20N2O3. The Morgan fingerprint density at radius 1 is 0.955 bits per heavy atom. The molecule has 3 N–H and O–H groups in total. The summed E-state index contributed by atoms with van der Waals surface area (Å²) in [5, 5.41) is 2.77. The van der Waals surface area contributed by atoms with Crippen LogP contribution in [0.5, 0.6) is 11.5 Å². The Kier molecular flexibility index (Phi) is 6.11. The Morgan fingerprint density at radius 2 is 1.68 bits per heavy atom. The lowest BCUT2D eigenvalue weighted by atomic mass is 10.3. The molecule has 116 valence electrons. The summed E-state index contributed by atoms with van der Waals surface area (Å²) in [5.74, 6) is 1.32. The van der Waals surface area contributed by atoms with Gasteiger partial charge < -0.3 is 20.5 Å². The van der Waals surface area contributed by atoms with E-state index in [-0.39, 0.29) is 5.91 Å². The fourth-order valence-electron chi connectivity index (χ4n) is 1.83. The largest absolute Gasteiger partial charge is 0.493 e. The molecule has 0 aliphatic carbocycles. The smallest absolute Gasteiger partial charge is 0.223 e. The number of hydrogen-bond acceptors (Lipinski definition) is 4. The van der Waals surface area contributed by atoms with E-state index in [4.69, 9.17) is 15.2 Å². The van der Waals surface area contributed by atoms with Gasteiger partial charge >= 0.3 is 0 Å². The van der Waals surface area contributed by atoms with Crippen molar-refractivity contribution in [2.24, 2.45) is 0 Å². The maximum absolute atomic E-state index is 11.6. The molecule has 0 saturated heterocycles. The molecule has 0 aliphatic heterocycles. The van der Waals surface area contributed by atoms with Crippen molar-refractivity contribution >= 4 is 11.6 Å². The lowest BCUT2D eigenvalue weighted by molar-refractivity contribution is -0.121. The van der Waals surface area contributed by atoms with Crippen LogP contribution in [0.4, 0.5) is 5.69 Å². The molecule has 0 unspecified atom stereocenters. The number of nitrogens with two attached hydrogens (primary N) is 1. The summed E-state index contributed by atoms with van der Waals surface area (Å²) in [5.41, 5.74) is 6.34. The van der Waals surface area contributed by atoms with Gasteiger partial charge in [0.15, 0.2) is 0 Å². The van der Waals surface area contributed by atoms with Crippen LogP contribution in [0.15, 0.2) is 54.6 Å². The molecule has 0 spiro atoms. The van der Waals surface area contributed by atoms with Crippen molar-refractivity contribution in [1.29, 1.82) is 0 Å². The normalized spacial score (nSPS) is 10.0. The number of carbonyl (C=O) groups excluding carboxylic acids is 1. The summed E-state index contributed by atoms with van der Waals surface area (Å²) in [4.78, 5) is 11.6. The Hall–Kier alpha value is -2.69. The first-order valence-electron chi connectivity index (χ1n) is 7.17. The maximum Gasteiger partial charge on any atom is 0.223 e. The molecule has 2 aromatic carbocycles. The van der Waals surface area contributed by atoms with Crippen LogP contribution in [0, 0.1) is 0 Å². The molecule has 22 heavy (non-hydrogen) atoms. The Labute approximate surface area is 130 Å². The van der Waals surface area contributed by atoms with Crippen molar-refractivity contribution in [2.75, 3.05) is 25.5 Å². The van der Waals surface area contributed by atoms with Crippen molar-refractivity contribution in [1.82, 2.24) is 5.32 Å². The van der Waals surface area contributed by atoms with Crippen LogP contribution in [0.1, 0.15) is 6.42 Å².